The fourth-order valence-corrected chi connectivity index (χ4v) is 3.20. The number of benzene rings is 2. The van der Waals surface area contributed by atoms with E-state index in [0.29, 0.717) is 0 Å². The number of halogens is 1. The van der Waals surface area contributed by atoms with Crippen LogP contribution in [0.3, 0.4) is 0 Å². The molecule has 0 heterocycles. The van der Waals surface area contributed by atoms with Gasteiger partial charge in [-0.1, -0.05) is 24.3 Å². The highest BCUT2D eigenvalue weighted by Gasteiger charge is 2.26. The zero-order valence-electron chi connectivity index (χ0n) is 18.5. The van der Waals surface area contributed by atoms with Crippen LogP contribution in [0, 0.1) is 19.7 Å². The number of hydrogen-bond donors (Lipinski definition) is 1. The van der Waals surface area contributed by atoms with Crippen LogP contribution in [-0.4, -0.2) is 24.3 Å². The molecule has 1 atom stereocenters. The molecule has 0 aromatic heterocycles. The highest BCUT2D eigenvalue weighted by molar-refractivity contribution is 5.75. The number of carbonyl (C=O) groups excluding carboxylic acids is 2. The Hall–Kier alpha value is -2.89. The van der Waals surface area contributed by atoms with Crippen molar-refractivity contribution in [2.75, 3.05) is 6.61 Å². The minimum absolute atomic E-state index is 0.197. The third-order valence-corrected chi connectivity index (χ3v) is 4.52. The van der Waals surface area contributed by atoms with Crippen molar-refractivity contribution in [1.82, 2.24) is 5.32 Å². The van der Waals surface area contributed by atoms with Crippen molar-refractivity contribution < 1.29 is 23.5 Å². The Bertz CT molecular complexity index is 918. The topological polar surface area (TPSA) is 64.6 Å². The van der Waals surface area contributed by atoms with Crippen molar-refractivity contribution in [3.63, 3.8) is 0 Å². The van der Waals surface area contributed by atoms with Gasteiger partial charge in [-0.2, -0.15) is 0 Å². The number of rotatable bonds is 6. The molecule has 30 heavy (non-hydrogen) atoms. The maximum atomic E-state index is 15.0. The van der Waals surface area contributed by atoms with Crippen molar-refractivity contribution in [3.05, 3.63) is 58.9 Å². The number of alkyl carbamates (subject to hydrolysis) is 1. The van der Waals surface area contributed by atoms with Gasteiger partial charge in [-0.3, -0.25) is 4.79 Å². The summed E-state index contributed by atoms with van der Waals surface area (Å²) in [6, 6.07) is 9.97. The number of amides is 1. The molecule has 0 fully saturated rings. The van der Waals surface area contributed by atoms with E-state index in [4.69, 9.17) is 9.47 Å². The Morgan fingerprint density at radius 1 is 1.07 bits per heavy atom. The first kappa shape index (κ1) is 23.4. The van der Waals surface area contributed by atoms with Crippen LogP contribution >= 0.6 is 0 Å². The van der Waals surface area contributed by atoms with E-state index in [0.717, 1.165) is 22.3 Å². The third kappa shape index (κ3) is 6.31. The lowest BCUT2D eigenvalue weighted by atomic mass is 9.92. The summed E-state index contributed by atoms with van der Waals surface area (Å²) in [6.07, 6.45) is -0.936. The van der Waals surface area contributed by atoms with Crippen LogP contribution < -0.4 is 5.32 Å². The van der Waals surface area contributed by atoms with E-state index in [2.05, 4.69) is 5.32 Å². The Morgan fingerprint density at radius 3 is 2.33 bits per heavy atom. The Kier molecular flexibility index (Phi) is 7.59. The van der Waals surface area contributed by atoms with Gasteiger partial charge in [-0.05, 0) is 75.9 Å². The number of carbonyl (C=O) groups is 2. The highest BCUT2D eigenvalue weighted by atomic mass is 19.1. The number of ether oxygens (including phenoxy) is 2. The molecule has 1 N–H and O–H groups in total. The quantitative estimate of drug-likeness (QED) is 0.621. The summed E-state index contributed by atoms with van der Waals surface area (Å²) >= 11 is 0. The third-order valence-electron chi connectivity index (χ3n) is 4.52. The van der Waals surface area contributed by atoms with E-state index >= 15 is 0 Å². The normalized spacial score (nSPS) is 12.2. The second-order valence-electron chi connectivity index (χ2n) is 8.21. The molecule has 1 amide bonds. The molecule has 0 saturated heterocycles. The molecule has 162 valence electrons. The van der Waals surface area contributed by atoms with Gasteiger partial charge in [-0.15, -0.1) is 0 Å². The van der Waals surface area contributed by atoms with Crippen LogP contribution in [0.2, 0.25) is 0 Å². The smallest absolute Gasteiger partial charge is 0.408 e. The summed E-state index contributed by atoms with van der Waals surface area (Å²) in [6.45, 7) is 10.9. The second-order valence-corrected chi connectivity index (χ2v) is 8.21. The van der Waals surface area contributed by atoms with Crippen LogP contribution in [-0.2, 0) is 14.3 Å². The van der Waals surface area contributed by atoms with Crippen LogP contribution in [0.4, 0.5) is 9.18 Å². The van der Waals surface area contributed by atoms with Crippen molar-refractivity contribution >= 4 is 12.1 Å². The van der Waals surface area contributed by atoms with Crippen LogP contribution in [0.15, 0.2) is 36.4 Å². The molecule has 5 nitrogen and oxygen atoms in total. The lowest BCUT2D eigenvalue weighted by Crippen LogP contribution is -2.36. The van der Waals surface area contributed by atoms with Crippen LogP contribution in [0.1, 0.15) is 56.8 Å². The fraction of sp³-hybridized carbons (Fsp3) is 0.417. The monoisotopic (exact) mass is 415 g/mol. The first-order chi connectivity index (χ1) is 14.0. The van der Waals surface area contributed by atoms with Crippen LogP contribution in [0.25, 0.3) is 11.1 Å². The van der Waals surface area contributed by atoms with Gasteiger partial charge in [0.2, 0.25) is 0 Å². The average molecular weight is 416 g/mol. The summed E-state index contributed by atoms with van der Waals surface area (Å²) < 4.78 is 25.3. The molecule has 0 radical (unpaired) electrons. The first-order valence-corrected chi connectivity index (χ1v) is 10.0. The molecular formula is C24H30FNO4. The Balaban J connectivity index is 2.48. The van der Waals surface area contributed by atoms with Gasteiger partial charge < -0.3 is 14.8 Å². The van der Waals surface area contributed by atoms with Gasteiger partial charge in [0.25, 0.3) is 0 Å². The van der Waals surface area contributed by atoms with Gasteiger partial charge >= 0.3 is 12.1 Å². The minimum Gasteiger partial charge on any atom is -0.466 e. The van der Waals surface area contributed by atoms with Crippen molar-refractivity contribution in [1.29, 1.82) is 0 Å². The molecule has 0 saturated carbocycles. The predicted octanol–water partition coefficient (Wildman–Crippen LogP) is 5.63. The molecule has 0 aliphatic rings. The SMILES string of the molecule is CCOC(=O)C[C@H](NC(=O)OC(C)(C)C)c1cc(-c2ccccc2C)c(C)cc1F. The van der Waals surface area contributed by atoms with E-state index in [1.807, 2.05) is 38.1 Å². The zero-order valence-corrected chi connectivity index (χ0v) is 18.5. The molecular weight excluding hydrogens is 385 g/mol. The summed E-state index contributed by atoms with van der Waals surface area (Å²) in [4.78, 5) is 24.5. The van der Waals surface area contributed by atoms with Crippen molar-refractivity contribution in [2.24, 2.45) is 0 Å². The van der Waals surface area contributed by atoms with Crippen LogP contribution in [0.5, 0.6) is 0 Å². The molecule has 0 bridgehead atoms. The molecule has 2 aromatic carbocycles. The second kappa shape index (κ2) is 9.74. The van der Waals surface area contributed by atoms with E-state index in [9.17, 15) is 14.0 Å². The maximum Gasteiger partial charge on any atom is 0.408 e. The summed E-state index contributed by atoms with van der Waals surface area (Å²) in [7, 11) is 0. The molecule has 6 heteroatoms. The number of hydrogen-bond acceptors (Lipinski definition) is 4. The zero-order chi connectivity index (χ0) is 22.5. The summed E-state index contributed by atoms with van der Waals surface area (Å²) in [5, 5.41) is 2.63. The maximum absolute atomic E-state index is 15.0. The predicted molar refractivity (Wildman–Crippen MR) is 115 cm³/mol. The van der Waals surface area contributed by atoms with E-state index in [1.165, 1.54) is 6.07 Å². The summed E-state index contributed by atoms with van der Waals surface area (Å²) in [5.74, 6) is -1.04. The fourth-order valence-electron chi connectivity index (χ4n) is 3.20. The minimum atomic E-state index is -0.928. The molecule has 0 spiro atoms. The van der Waals surface area contributed by atoms with Gasteiger partial charge in [0.05, 0.1) is 19.1 Å². The van der Waals surface area contributed by atoms with Gasteiger partial charge in [-0.25, -0.2) is 9.18 Å². The van der Waals surface area contributed by atoms with Gasteiger partial charge in [0.15, 0.2) is 0 Å². The molecule has 2 aromatic rings. The lowest BCUT2D eigenvalue weighted by molar-refractivity contribution is -0.143. The summed E-state index contributed by atoms with van der Waals surface area (Å²) in [5.41, 5.74) is 3.08. The van der Waals surface area contributed by atoms with E-state index in [-0.39, 0.29) is 18.6 Å². The largest absolute Gasteiger partial charge is 0.466 e. The number of aryl methyl sites for hydroxylation is 2. The van der Waals surface area contributed by atoms with Gasteiger partial charge in [0.1, 0.15) is 11.4 Å². The van der Waals surface area contributed by atoms with Gasteiger partial charge in [0, 0.05) is 5.56 Å². The van der Waals surface area contributed by atoms with Crippen molar-refractivity contribution in [2.45, 2.75) is 59.6 Å². The lowest BCUT2D eigenvalue weighted by Gasteiger charge is -2.24. The number of nitrogens with one attached hydrogen (secondary N) is 1. The molecule has 0 aliphatic heterocycles. The first-order valence-electron chi connectivity index (χ1n) is 10.0. The van der Waals surface area contributed by atoms with E-state index in [1.54, 1.807) is 33.8 Å². The molecule has 0 aliphatic carbocycles. The van der Waals surface area contributed by atoms with Crippen molar-refractivity contribution in [3.8, 4) is 11.1 Å². The highest BCUT2D eigenvalue weighted by Crippen LogP contribution is 2.32. The molecule has 0 unspecified atom stereocenters. The standard InChI is InChI=1S/C24H30FNO4/c1-7-29-22(27)14-21(26-23(28)30-24(4,5)6)19-13-18(16(3)12-20(19)25)17-11-9-8-10-15(17)2/h8-13,21H,7,14H2,1-6H3,(H,26,28)/t21-/m0/s1. The Labute approximate surface area is 177 Å². The average Bonchev–Trinajstić information content (AvgIpc) is 2.61. The Morgan fingerprint density at radius 2 is 1.73 bits per heavy atom. The molecule has 2 rings (SSSR count). The van der Waals surface area contributed by atoms with E-state index < -0.39 is 29.5 Å². The number of esters is 1.